The highest BCUT2D eigenvalue weighted by molar-refractivity contribution is 5.92. The molecule has 0 bridgehead atoms. The van der Waals surface area contributed by atoms with Gasteiger partial charge in [0.05, 0.1) is 22.1 Å². The first-order valence-electron chi connectivity index (χ1n) is 6.16. The van der Waals surface area contributed by atoms with E-state index in [1.165, 1.54) is 18.2 Å². The number of nitro groups is 1. The highest BCUT2D eigenvalue weighted by Gasteiger charge is 2.25. The van der Waals surface area contributed by atoms with Gasteiger partial charge < -0.3 is 10.4 Å². The van der Waals surface area contributed by atoms with Crippen molar-refractivity contribution in [2.75, 3.05) is 0 Å². The minimum atomic E-state index is -0.774. The summed E-state index contributed by atoms with van der Waals surface area (Å²) < 4.78 is 0. The van der Waals surface area contributed by atoms with Crippen molar-refractivity contribution in [3.8, 4) is 0 Å². The van der Waals surface area contributed by atoms with E-state index in [4.69, 9.17) is 0 Å². The number of rotatable bonds is 5. The molecule has 0 heterocycles. The van der Waals surface area contributed by atoms with Crippen LogP contribution in [0.1, 0.15) is 26.3 Å². The van der Waals surface area contributed by atoms with Crippen LogP contribution in [0.4, 0.5) is 5.69 Å². The van der Waals surface area contributed by atoms with Crippen LogP contribution in [0, 0.1) is 10.1 Å². The zero-order valence-electron chi connectivity index (χ0n) is 11.7. The van der Waals surface area contributed by atoms with Gasteiger partial charge in [0.25, 0.3) is 5.69 Å². The highest BCUT2D eigenvalue weighted by Crippen LogP contribution is 2.19. The summed E-state index contributed by atoms with van der Waals surface area (Å²) in [6, 6.07) is 6.15. The molecule has 0 spiro atoms. The topological polar surface area (TPSA) is 92.5 Å². The fraction of sp³-hybridized carbons (Fsp3) is 0.357. The van der Waals surface area contributed by atoms with Crippen LogP contribution in [0.5, 0.6) is 0 Å². The summed E-state index contributed by atoms with van der Waals surface area (Å²) in [6.07, 6.45) is 1.88. The second-order valence-electron chi connectivity index (χ2n) is 5.04. The van der Waals surface area contributed by atoms with Crippen molar-refractivity contribution in [3.05, 3.63) is 46.0 Å². The highest BCUT2D eigenvalue weighted by atomic mass is 16.6. The molecule has 1 atom stereocenters. The van der Waals surface area contributed by atoms with Gasteiger partial charge >= 0.3 is 0 Å². The van der Waals surface area contributed by atoms with Crippen LogP contribution < -0.4 is 5.32 Å². The average Bonchev–Trinajstić information content (AvgIpc) is 2.35. The number of hydrogen-bond acceptors (Lipinski definition) is 4. The number of carbonyl (C=O) groups excluding carboxylic acids is 1. The van der Waals surface area contributed by atoms with Gasteiger partial charge in [0.15, 0.2) is 0 Å². The molecule has 2 N–H and O–H groups in total. The lowest BCUT2D eigenvalue weighted by Gasteiger charge is -2.28. The van der Waals surface area contributed by atoms with E-state index in [2.05, 4.69) is 5.32 Å². The zero-order chi connectivity index (χ0) is 15.3. The summed E-state index contributed by atoms with van der Waals surface area (Å²) in [5, 5.41) is 23.0. The van der Waals surface area contributed by atoms with Gasteiger partial charge in [0.1, 0.15) is 0 Å². The molecule has 0 aliphatic carbocycles. The van der Waals surface area contributed by atoms with E-state index in [1.54, 1.807) is 39.0 Å². The van der Waals surface area contributed by atoms with Crippen molar-refractivity contribution in [1.29, 1.82) is 0 Å². The Labute approximate surface area is 117 Å². The molecule has 1 aromatic rings. The summed E-state index contributed by atoms with van der Waals surface area (Å²) in [5.74, 6) is -0.422. The molecule has 1 unspecified atom stereocenters. The molecule has 0 aliphatic heterocycles. The number of aliphatic hydroxyl groups excluding tert-OH is 1. The third kappa shape index (κ3) is 4.17. The summed E-state index contributed by atoms with van der Waals surface area (Å²) in [4.78, 5) is 22.1. The summed E-state index contributed by atoms with van der Waals surface area (Å²) in [5.41, 5.74) is -0.488. The molecule has 0 radical (unpaired) electrons. The van der Waals surface area contributed by atoms with Gasteiger partial charge in [-0.15, -0.1) is 0 Å². The van der Waals surface area contributed by atoms with Gasteiger partial charge in [-0.05, 0) is 32.9 Å². The molecule has 20 heavy (non-hydrogen) atoms. The van der Waals surface area contributed by atoms with Crippen molar-refractivity contribution in [3.63, 3.8) is 0 Å². The number of carbonyl (C=O) groups is 1. The lowest BCUT2D eigenvalue weighted by Crippen LogP contribution is -2.50. The molecule has 6 nitrogen and oxygen atoms in total. The Morgan fingerprint density at radius 2 is 2.05 bits per heavy atom. The molecule has 6 heteroatoms. The van der Waals surface area contributed by atoms with Gasteiger partial charge in [-0.1, -0.05) is 12.1 Å². The molecule has 0 saturated carbocycles. The minimum absolute atomic E-state index is 0.0636. The molecule has 1 amide bonds. The van der Waals surface area contributed by atoms with Crippen molar-refractivity contribution < 1.29 is 14.8 Å². The molecule has 0 aromatic heterocycles. The SMILES string of the molecule is CC(O)C(C)(C)NC(=O)/C=C/c1ccccc1[N+](=O)[O-]. The van der Waals surface area contributed by atoms with E-state index < -0.39 is 22.5 Å². The van der Waals surface area contributed by atoms with Crippen LogP contribution in [0.2, 0.25) is 0 Å². The first-order chi connectivity index (χ1) is 9.24. The van der Waals surface area contributed by atoms with Crippen molar-refractivity contribution in [2.24, 2.45) is 0 Å². The monoisotopic (exact) mass is 278 g/mol. The van der Waals surface area contributed by atoms with E-state index >= 15 is 0 Å². The summed E-state index contributed by atoms with van der Waals surface area (Å²) in [7, 11) is 0. The van der Waals surface area contributed by atoms with Crippen molar-refractivity contribution in [2.45, 2.75) is 32.4 Å². The maximum absolute atomic E-state index is 11.7. The van der Waals surface area contributed by atoms with E-state index in [0.717, 1.165) is 0 Å². The molecule has 108 valence electrons. The quantitative estimate of drug-likeness (QED) is 0.488. The van der Waals surface area contributed by atoms with Gasteiger partial charge in [-0.3, -0.25) is 14.9 Å². The maximum atomic E-state index is 11.7. The van der Waals surface area contributed by atoms with Crippen LogP contribution in [-0.2, 0) is 4.79 Å². The number of nitrogens with one attached hydrogen (secondary N) is 1. The number of hydrogen-bond donors (Lipinski definition) is 2. The normalized spacial score (nSPS) is 13.2. The predicted octanol–water partition coefficient (Wildman–Crippen LogP) is 1.88. The first-order valence-corrected chi connectivity index (χ1v) is 6.16. The average molecular weight is 278 g/mol. The molecule has 1 rings (SSSR count). The largest absolute Gasteiger partial charge is 0.391 e. The molecule has 0 fully saturated rings. The van der Waals surface area contributed by atoms with E-state index in [0.29, 0.717) is 5.56 Å². The third-order valence-corrected chi connectivity index (χ3v) is 3.04. The molecular formula is C14H18N2O4. The second-order valence-corrected chi connectivity index (χ2v) is 5.04. The first kappa shape index (κ1) is 15.8. The second kappa shape index (κ2) is 6.29. The van der Waals surface area contributed by atoms with E-state index in [1.807, 2.05) is 0 Å². The molecule has 0 aliphatic rings. The Bertz CT molecular complexity index is 536. The fourth-order valence-corrected chi connectivity index (χ4v) is 1.42. The minimum Gasteiger partial charge on any atom is -0.391 e. The van der Waals surface area contributed by atoms with Crippen molar-refractivity contribution in [1.82, 2.24) is 5.32 Å². The van der Waals surface area contributed by atoms with Gasteiger partial charge in [0, 0.05) is 12.1 Å². The van der Waals surface area contributed by atoms with Gasteiger partial charge in [-0.25, -0.2) is 0 Å². The Morgan fingerprint density at radius 1 is 1.45 bits per heavy atom. The molecule has 1 aromatic carbocycles. The van der Waals surface area contributed by atoms with E-state index in [9.17, 15) is 20.0 Å². The Kier molecular flexibility index (Phi) is 4.99. The Morgan fingerprint density at radius 3 is 2.60 bits per heavy atom. The number of para-hydroxylation sites is 1. The maximum Gasteiger partial charge on any atom is 0.276 e. The van der Waals surface area contributed by atoms with Gasteiger partial charge in [-0.2, -0.15) is 0 Å². The number of nitrogens with zero attached hydrogens (tertiary/aromatic N) is 1. The predicted molar refractivity (Wildman–Crippen MR) is 76.0 cm³/mol. The molecular weight excluding hydrogens is 260 g/mol. The summed E-state index contributed by atoms with van der Waals surface area (Å²) in [6.45, 7) is 4.95. The van der Waals surface area contributed by atoms with E-state index in [-0.39, 0.29) is 5.69 Å². The van der Waals surface area contributed by atoms with Crippen LogP contribution in [-0.4, -0.2) is 27.6 Å². The fourth-order valence-electron chi connectivity index (χ4n) is 1.42. The van der Waals surface area contributed by atoms with Crippen LogP contribution >= 0.6 is 0 Å². The summed E-state index contributed by atoms with van der Waals surface area (Å²) >= 11 is 0. The Hall–Kier alpha value is -2.21. The smallest absolute Gasteiger partial charge is 0.276 e. The Balaban J connectivity index is 2.84. The van der Waals surface area contributed by atoms with Crippen LogP contribution in [0.3, 0.4) is 0 Å². The number of aliphatic hydroxyl groups is 1. The van der Waals surface area contributed by atoms with Crippen LogP contribution in [0.15, 0.2) is 30.3 Å². The lowest BCUT2D eigenvalue weighted by atomic mass is 9.99. The zero-order valence-corrected chi connectivity index (χ0v) is 11.7. The van der Waals surface area contributed by atoms with Crippen molar-refractivity contribution >= 4 is 17.7 Å². The number of amides is 1. The molecule has 0 saturated heterocycles. The number of benzene rings is 1. The lowest BCUT2D eigenvalue weighted by molar-refractivity contribution is -0.385. The number of nitro benzene ring substituents is 1. The standard InChI is InChI=1S/C14H18N2O4/c1-10(17)14(2,3)15-13(18)9-8-11-6-4-5-7-12(11)16(19)20/h4-10,17H,1-3H3,(H,15,18)/b9-8+. The van der Waals surface area contributed by atoms with Crippen LogP contribution in [0.25, 0.3) is 6.08 Å². The van der Waals surface area contributed by atoms with Gasteiger partial charge in [0.2, 0.25) is 5.91 Å². The third-order valence-electron chi connectivity index (χ3n) is 3.04.